The zero-order valence-corrected chi connectivity index (χ0v) is 21.2. The third kappa shape index (κ3) is 6.25. The van der Waals surface area contributed by atoms with Crippen molar-refractivity contribution in [1.82, 2.24) is 15.3 Å². The van der Waals surface area contributed by atoms with Gasteiger partial charge < -0.3 is 14.4 Å². The molecule has 1 heterocycles. The minimum Gasteiger partial charge on any atom is -0.489 e. The van der Waals surface area contributed by atoms with E-state index in [1.54, 1.807) is 17.2 Å². The Hall–Kier alpha value is -2.68. The van der Waals surface area contributed by atoms with E-state index >= 15 is 0 Å². The Labute approximate surface area is 217 Å². The van der Waals surface area contributed by atoms with Crippen LogP contribution in [0.1, 0.15) is 57.8 Å². The largest absolute Gasteiger partial charge is 0.489 e. The van der Waals surface area contributed by atoms with Crippen LogP contribution in [0.3, 0.4) is 0 Å². The van der Waals surface area contributed by atoms with Crippen molar-refractivity contribution in [3.05, 3.63) is 47.3 Å². The summed E-state index contributed by atoms with van der Waals surface area (Å²) in [7, 11) is 0. The highest BCUT2D eigenvalue weighted by Crippen LogP contribution is 2.39. The summed E-state index contributed by atoms with van der Waals surface area (Å²) in [6.07, 6.45) is 15.7. The average molecular weight is 518 g/mol. The zero-order chi connectivity index (χ0) is 25.8. The van der Waals surface area contributed by atoms with Gasteiger partial charge in [0.1, 0.15) is 20.0 Å². The van der Waals surface area contributed by atoms with Gasteiger partial charge in [-0.3, -0.25) is 4.79 Å². The zero-order valence-electron chi connectivity index (χ0n) is 21.2. The molecule has 3 unspecified atom stereocenters. The number of carbonyl (C=O) groups excluding carboxylic acids is 2. The van der Waals surface area contributed by atoms with E-state index < -0.39 is 19.5 Å². The quantitative estimate of drug-likeness (QED) is 0.481. The van der Waals surface area contributed by atoms with E-state index in [1.807, 2.05) is 12.2 Å². The summed E-state index contributed by atoms with van der Waals surface area (Å²) in [4.78, 5) is 28.3. The molecule has 0 bridgehead atoms. The summed E-state index contributed by atoms with van der Waals surface area (Å²) in [5.74, 6) is 0.858. The number of hydrogen-bond donors (Lipinski definition) is 1. The Morgan fingerprint density at radius 1 is 1.05 bits per heavy atom. The predicted octanol–water partition coefficient (Wildman–Crippen LogP) is 4.68. The molecule has 3 atom stereocenters. The highest BCUT2D eigenvalue weighted by atomic mass is 19.1. The van der Waals surface area contributed by atoms with Gasteiger partial charge in [0.25, 0.3) is 0 Å². The van der Waals surface area contributed by atoms with E-state index in [1.165, 1.54) is 0 Å². The second-order valence-corrected chi connectivity index (χ2v) is 10.7. The number of nitrogens with one attached hydrogen (secondary N) is 1. The first-order valence-corrected chi connectivity index (χ1v) is 13.6. The molecule has 2 amide bonds. The van der Waals surface area contributed by atoms with E-state index in [2.05, 4.69) is 16.4 Å². The van der Waals surface area contributed by atoms with Crippen LogP contribution in [0.5, 0.6) is 0 Å². The highest BCUT2D eigenvalue weighted by molar-refractivity contribution is 5.94. The molecule has 3 fully saturated rings. The fourth-order valence-electron chi connectivity index (χ4n) is 5.84. The Bertz CT molecular complexity index is 986. The molecule has 5 rings (SSSR count). The predicted molar refractivity (Wildman–Crippen MR) is 135 cm³/mol. The molecule has 1 aliphatic heterocycles. The minimum atomic E-state index is -1.08. The standard InChI is InChI=1S/C28H37F2N3O4/c29-15-25(16-30)37-24-11-6-20(7-12-24)27(34)33(22-8-9-22)23-10-13-26-21(14-23)17-32(31-26)28(35)36-18-19-4-2-1-3-5-19/h1-2,4,6,11,21-23,25-26,31H,3,5,7-10,12-18H2. The Morgan fingerprint density at radius 3 is 2.54 bits per heavy atom. The molecule has 202 valence electrons. The van der Waals surface area contributed by atoms with E-state index in [-0.39, 0.29) is 36.0 Å². The third-order valence-corrected chi connectivity index (χ3v) is 8.01. The maximum atomic E-state index is 13.6. The maximum Gasteiger partial charge on any atom is 0.424 e. The summed E-state index contributed by atoms with van der Waals surface area (Å²) < 4.78 is 36.5. The van der Waals surface area contributed by atoms with Gasteiger partial charge in [-0.1, -0.05) is 24.3 Å². The molecule has 4 aliphatic carbocycles. The molecular weight excluding hydrogens is 480 g/mol. The monoisotopic (exact) mass is 517 g/mol. The summed E-state index contributed by atoms with van der Waals surface area (Å²) in [5, 5.41) is 1.61. The SMILES string of the molecule is O=C(OCC1=CC=CCC1)N1CC2CC(N(C(=O)C3=CC=C(OC(CF)CF)CC3)C3CC3)CCC2N1. The van der Waals surface area contributed by atoms with Crippen molar-refractivity contribution < 1.29 is 27.8 Å². The van der Waals surface area contributed by atoms with Crippen LogP contribution >= 0.6 is 0 Å². The molecule has 1 saturated heterocycles. The molecule has 5 aliphatic rings. The Morgan fingerprint density at radius 2 is 1.86 bits per heavy atom. The lowest BCUT2D eigenvalue weighted by molar-refractivity contribution is -0.131. The van der Waals surface area contributed by atoms with Gasteiger partial charge in [0.2, 0.25) is 5.91 Å². The van der Waals surface area contributed by atoms with Crippen LogP contribution in [0.25, 0.3) is 0 Å². The lowest BCUT2D eigenvalue weighted by Gasteiger charge is -2.39. The van der Waals surface area contributed by atoms with E-state index in [9.17, 15) is 18.4 Å². The maximum absolute atomic E-state index is 13.6. The van der Waals surface area contributed by atoms with Crippen LogP contribution in [-0.4, -0.2) is 72.6 Å². The number of hydrazine groups is 1. The van der Waals surface area contributed by atoms with Crippen molar-refractivity contribution in [3.63, 3.8) is 0 Å². The number of hydrogen-bond acceptors (Lipinski definition) is 5. The summed E-state index contributed by atoms with van der Waals surface area (Å²) >= 11 is 0. The first-order valence-electron chi connectivity index (χ1n) is 13.6. The Kier molecular flexibility index (Phi) is 8.27. The van der Waals surface area contributed by atoms with Crippen molar-refractivity contribution in [2.75, 3.05) is 26.5 Å². The van der Waals surface area contributed by atoms with Gasteiger partial charge in [-0.05, 0) is 68.9 Å². The molecule has 0 radical (unpaired) electrons. The highest BCUT2D eigenvalue weighted by Gasteiger charge is 2.45. The van der Waals surface area contributed by atoms with Crippen molar-refractivity contribution in [3.8, 4) is 0 Å². The molecule has 2 saturated carbocycles. The van der Waals surface area contributed by atoms with Gasteiger partial charge in [-0.2, -0.15) is 0 Å². The molecule has 0 aromatic rings. The summed E-state index contributed by atoms with van der Waals surface area (Å²) in [5.41, 5.74) is 5.19. The van der Waals surface area contributed by atoms with Crippen molar-refractivity contribution in [2.24, 2.45) is 5.92 Å². The van der Waals surface area contributed by atoms with Crippen LogP contribution in [0.4, 0.5) is 13.6 Å². The van der Waals surface area contributed by atoms with Crippen LogP contribution < -0.4 is 5.43 Å². The van der Waals surface area contributed by atoms with Gasteiger partial charge >= 0.3 is 6.09 Å². The molecule has 7 nitrogen and oxygen atoms in total. The fourth-order valence-corrected chi connectivity index (χ4v) is 5.84. The molecule has 1 N–H and O–H groups in total. The number of ether oxygens (including phenoxy) is 2. The number of amides is 2. The van der Waals surface area contributed by atoms with Gasteiger partial charge in [0.15, 0.2) is 6.10 Å². The molecular formula is C28H37F2N3O4. The van der Waals surface area contributed by atoms with Crippen LogP contribution in [-0.2, 0) is 14.3 Å². The fraction of sp³-hybridized carbons (Fsp3) is 0.643. The third-order valence-electron chi connectivity index (χ3n) is 8.01. The molecule has 37 heavy (non-hydrogen) atoms. The topological polar surface area (TPSA) is 71.1 Å². The molecule has 0 spiro atoms. The van der Waals surface area contributed by atoms with Crippen LogP contribution in [0.2, 0.25) is 0 Å². The Balaban J connectivity index is 1.17. The molecule has 0 aromatic heterocycles. The first kappa shape index (κ1) is 25.9. The smallest absolute Gasteiger partial charge is 0.424 e. The van der Waals surface area contributed by atoms with Crippen molar-refractivity contribution >= 4 is 12.0 Å². The number of nitrogens with zero attached hydrogens (tertiary/aromatic N) is 2. The van der Waals surface area contributed by atoms with Crippen molar-refractivity contribution in [1.29, 1.82) is 0 Å². The number of carbonyl (C=O) groups is 2. The number of rotatable bonds is 9. The van der Waals surface area contributed by atoms with E-state index in [4.69, 9.17) is 9.47 Å². The molecule has 0 aromatic carbocycles. The lowest BCUT2D eigenvalue weighted by Crippen LogP contribution is -2.48. The molecule has 9 heteroatoms. The summed E-state index contributed by atoms with van der Waals surface area (Å²) in [6.45, 7) is -0.839. The van der Waals surface area contributed by atoms with Gasteiger partial charge in [0, 0.05) is 36.7 Å². The van der Waals surface area contributed by atoms with Crippen molar-refractivity contribution in [2.45, 2.75) is 82.0 Å². The van der Waals surface area contributed by atoms with E-state index in [0.717, 1.165) is 56.1 Å². The first-order chi connectivity index (χ1) is 18.1. The second kappa shape index (κ2) is 11.8. The van der Waals surface area contributed by atoms with Gasteiger partial charge in [-0.25, -0.2) is 24.0 Å². The van der Waals surface area contributed by atoms with Crippen LogP contribution in [0, 0.1) is 5.92 Å². The van der Waals surface area contributed by atoms with Gasteiger partial charge in [0.05, 0.1) is 5.76 Å². The van der Waals surface area contributed by atoms with Crippen LogP contribution in [0.15, 0.2) is 47.3 Å². The number of fused-ring (bicyclic) bond motifs is 1. The van der Waals surface area contributed by atoms with Gasteiger partial charge in [-0.15, -0.1) is 0 Å². The summed E-state index contributed by atoms with van der Waals surface area (Å²) in [6, 6.07) is 0.628. The number of allylic oxidation sites excluding steroid dienone is 6. The minimum absolute atomic E-state index is 0.0609. The second-order valence-electron chi connectivity index (χ2n) is 10.7. The number of halogens is 2. The lowest BCUT2D eigenvalue weighted by atomic mass is 9.81. The van der Waals surface area contributed by atoms with E-state index in [0.29, 0.717) is 31.8 Å². The average Bonchev–Trinajstić information content (AvgIpc) is 3.68. The number of alkyl halides is 2. The normalized spacial score (nSPS) is 27.3.